The molecule has 132 valence electrons. The number of methoxy groups -OCH3 is 1. The first-order chi connectivity index (χ1) is 11.6. The van der Waals surface area contributed by atoms with Gasteiger partial charge in [-0.3, -0.25) is 4.79 Å². The first-order valence-electron chi connectivity index (χ1n) is 7.89. The Kier molecular flexibility index (Phi) is 9.26. The zero-order valence-electron chi connectivity index (χ0n) is 14.0. The van der Waals surface area contributed by atoms with Crippen molar-refractivity contribution in [1.82, 2.24) is 0 Å². The van der Waals surface area contributed by atoms with Crippen molar-refractivity contribution in [2.75, 3.05) is 20.2 Å². The Balaban J connectivity index is 0.000000505. The summed E-state index contributed by atoms with van der Waals surface area (Å²) < 4.78 is 10.4. The quantitative estimate of drug-likeness (QED) is 0.683. The predicted molar refractivity (Wildman–Crippen MR) is 93.1 cm³/mol. The number of aliphatic carboxylic acids is 1. The predicted octanol–water partition coefficient (Wildman–Crippen LogP) is 2.38. The molecule has 24 heavy (non-hydrogen) atoms. The Morgan fingerprint density at radius 3 is 2.29 bits per heavy atom. The highest BCUT2D eigenvalue weighted by molar-refractivity contribution is 5.68. The van der Waals surface area contributed by atoms with E-state index < -0.39 is 5.97 Å². The van der Waals surface area contributed by atoms with Crippen molar-refractivity contribution >= 4 is 5.97 Å². The number of carbonyl (C=O) groups is 1. The normalized spacial score (nSPS) is 11.3. The smallest absolute Gasteiger partial charge is 0.304 e. The Bertz CT molecular complexity index is 565. The second kappa shape index (κ2) is 11.3. The summed E-state index contributed by atoms with van der Waals surface area (Å²) in [7, 11) is 1.62. The van der Waals surface area contributed by atoms with Crippen LogP contribution in [0, 0.1) is 0 Å². The molecule has 0 saturated heterocycles. The van der Waals surface area contributed by atoms with Crippen molar-refractivity contribution in [2.24, 2.45) is 11.5 Å². The fourth-order valence-electron chi connectivity index (χ4n) is 2.17. The summed E-state index contributed by atoms with van der Waals surface area (Å²) in [5.74, 6) is 0.519. The van der Waals surface area contributed by atoms with Crippen LogP contribution in [0.5, 0.6) is 5.75 Å². The monoisotopic (exact) mass is 334 g/mol. The van der Waals surface area contributed by atoms with Crippen LogP contribution in [-0.4, -0.2) is 31.3 Å². The zero-order valence-corrected chi connectivity index (χ0v) is 14.0. The molecule has 0 amide bonds. The molecular formula is C18H26N2O4. The SMILES string of the molecule is COc1ccc(CC(CC(=O)O)c2ccco2)cc1.NCCCN. The van der Waals surface area contributed by atoms with Gasteiger partial charge in [-0.15, -0.1) is 0 Å². The second-order valence-electron chi connectivity index (χ2n) is 5.29. The van der Waals surface area contributed by atoms with E-state index in [1.165, 1.54) is 0 Å². The topological polar surface area (TPSA) is 112 Å². The molecule has 1 heterocycles. The largest absolute Gasteiger partial charge is 0.497 e. The Labute approximate surface area is 142 Å². The van der Waals surface area contributed by atoms with E-state index in [2.05, 4.69) is 0 Å². The molecule has 2 rings (SSSR count). The molecule has 1 aromatic heterocycles. The van der Waals surface area contributed by atoms with Crippen LogP contribution in [0.4, 0.5) is 0 Å². The molecule has 0 saturated carbocycles. The second-order valence-corrected chi connectivity index (χ2v) is 5.29. The third-order valence-corrected chi connectivity index (χ3v) is 3.42. The molecule has 1 aromatic carbocycles. The average molecular weight is 334 g/mol. The highest BCUT2D eigenvalue weighted by Gasteiger charge is 2.18. The molecule has 1 unspecified atom stereocenters. The summed E-state index contributed by atoms with van der Waals surface area (Å²) in [6, 6.07) is 11.2. The summed E-state index contributed by atoms with van der Waals surface area (Å²) in [6.07, 6.45) is 3.20. The van der Waals surface area contributed by atoms with Gasteiger partial charge in [0, 0.05) is 5.92 Å². The maximum absolute atomic E-state index is 10.9. The van der Waals surface area contributed by atoms with Gasteiger partial charge < -0.3 is 25.7 Å². The van der Waals surface area contributed by atoms with Crippen LogP contribution in [0.15, 0.2) is 47.1 Å². The van der Waals surface area contributed by atoms with Gasteiger partial charge in [-0.25, -0.2) is 0 Å². The molecule has 6 nitrogen and oxygen atoms in total. The molecule has 0 aliphatic heterocycles. The van der Waals surface area contributed by atoms with E-state index in [1.54, 1.807) is 19.4 Å². The van der Waals surface area contributed by atoms with Crippen molar-refractivity contribution < 1.29 is 19.1 Å². The lowest BCUT2D eigenvalue weighted by atomic mass is 9.94. The van der Waals surface area contributed by atoms with Crippen molar-refractivity contribution in [1.29, 1.82) is 0 Å². The summed E-state index contributed by atoms with van der Waals surface area (Å²) >= 11 is 0. The van der Waals surface area contributed by atoms with Crippen molar-refractivity contribution in [2.45, 2.75) is 25.2 Å². The van der Waals surface area contributed by atoms with Gasteiger partial charge in [-0.05, 0) is 55.8 Å². The van der Waals surface area contributed by atoms with Gasteiger partial charge >= 0.3 is 5.97 Å². The van der Waals surface area contributed by atoms with Gasteiger partial charge in [0.2, 0.25) is 0 Å². The maximum Gasteiger partial charge on any atom is 0.304 e. The van der Waals surface area contributed by atoms with Crippen LogP contribution in [0.3, 0.4) is 0 Å². The molecule has 0 bridgehead atoms. The molecule has 0 spiro atoms. The summed E-state index contributed by atoms with van der Waals surface area (Å²) in [5, 5.41) is 8.98. The minimum atomic E-state index is -0.824. The first-order valence-corrected chi connectivity index (χ1v) is 7.89. The molecule has 2 aromatic rings. The Hall–Kier alpha value is -2.31. The van der Waals surface area contributed by atoms with Crippen LogP contribution in [0.2, 0.25) is 0 Å². The standard InChI is InChI=1S/C15H16O4.C3H10N2/c1-18-13-6-4-11(5-7-13)9-12(10-15(16)17)14-3-2-8-19-14;4-2-1-3-5/h2-8,12H,9-10H2,1H3,(H,16,17);1-5H2. The number of rotatable bonds is 8. The number of furan rings is 1. The number of ether oxygens (including phenoxy) is 1. The fourth-order valence-corrected chi connectivity index (χ4v) is 2.17. The molecule has 1 atom stereocenters. The van der Waals surface area contributed by atoms with E-state index in [1.807, 2.05) is 30.3 Å². The highest BCUT2D eigenvalue weighted by atomic mass is 16.5. The summed E-state index contributed by atoms with van der Waals surface area (Å²) in [6.45, 7) is 1.44. The van der Waals surface area contributed by atoms with Crippen LogP contribution >= 0.6 is 0 Å². The van der Waals surface area contributed by atoms with Crippen LogP contribution in [0.1, 0.15) is 30.1 Å². The molecule has 0 aliphatic carbocycles. The van der Waals surface area contributed by atoms with E-state index in [4.69, 9.17) is 25.7 Å². The van der Waals surface area contributed by atoms with Crippen LogP contribution in [-0.2, 0) is 11.2 Å². The van der Waals surface area contributed by atoms with E-state index in [0.29, 0.717) is 12.2 Å². The highest BCUT2D eigenvalue weighted by Crippen LogP contribution is 2.25. The summed E-state index contributed by atoms with van der Waals surface area (Å²) in [4.78, 5) is 10.9. The van der Waals surface area contributed by atoms with Crippen LogP contribution in [0.25, 0.3) is 0 Å². The van der Waals surface area contributed by atoms with E-state index in [-0.39, 0.29) is 12.3 Å². The van der Waals surface area contributed by atoms with Gasteiger partial charge in [-0.1, -0.05) is 12.1 Å². The minimum absolute atomic E-state index is 0.0551. The van der Waals surface area contributed by atoms with Crippen LogP contribution < -0.4 is 16.2 Å². The van der Waals surface area contributed by atoms with Gasteiger partial charge in [0.15, 0.2) is 0 Å². The van der Waals surface area contributed by atoms with Gasteiger partial charge in [0.05, 0.1) is 19.8 Å². The van der Waals surface area contributed by atoms with Crippen molar-refractivity contribution in [3.63, 3.8) is 0 Å². The number of benzene rings is 1. The third kappa shape index (κ3) is 7.30. The number of carboxylic acids is 1. The van der Waals surface area contributed by atoms with Gasteiger partial charge in [0.1, 0.15) is 11.5 Å². The molecule has 0 radical (unpaired) electrons. The Morgan fingerprint density at radius 2 is 1.88 bits per heavy atom. The minimum Gasteiger partial charge on any atom is -0.497 e. The van der Waals surface area contributed by atoms with E-state index in [0.717, 1.165) is 30.8 Å². The molecular weight excluding hydrogens is 308 g/mol. The number of hydrogen-bond acceptors (Lipinski definition) is 5. The number of carboxylic acid groups (broad SMARTS) is 1. The van der Waals surface area contributed by atoms with Crippen molar-refractivity contribution in [3.05, 3.63) is 54.0 Å². The van der Waals surface area contributed by atoms with Crippen molar-refractivity contribution in [3.8, 4) is 5.75 Å². The number of nitrogens with two attached hydrogens (primary N) is 2. The molecule has 5 N–H and O–H groups in total. The summed E-state index contributed by atoms with van der Waals surface area (Å²) in [5.41, 5.74) is 11.2. The van der Waals surface area contributed by atoms with Gasteiger partial charge in [-0.2, -0.15) is 0 Å². The Morgan fingerprint density at radius 1 is 1.21 bits per heavy atom. The number of hydrogen-bond donors (Lipinski definition) is 3. The fraction of sp³-hybridized carbons (Fsp3) is 0.389. The van der Waals surface area contributed by atoms with E-state index >= 15 is 0 Å². The third-order valence-electron chi connectivity index (χ3n) is 3.42. The molecule has 0 fully saturated rings. The average Bonchev–Trinajstić information content (AvgIpc) is 3.10. The van der Waals surface area contributed by atoms with E-state index in [9.17, 15) is 4.79 Å². The first kappa shape index (κ1) is 19.7. The lowest BCUT2D eigenvalue weighted by Gasteiger charge is -2.12. The molecule has 0 aliphatic rings. The maximum atomic E-state index is 10.9. The molecule has 6 heteroatoms. The lowest BCUT2D eigenvalue weighted by molar-refractivity contribution is -0.137. The lowest BCUT2D eigenvalue weighted by Crippen LogP contribution is -2.08. The zero-order chi connectivity index (χ0) is 17.8. The van der Waals surface area contributed by atoms with Gasteiger partial charge in [0.25, 0.3) is 0 Å².